The molecule has 4 N–H and O–H groups in total. The second kappa shape index (κ2) is 4.44. The van der Waals surface area contributed by atoms with E-state index < -0.39 is 11.8 Å². The van der Waals surface area contributed by atoms with Crippen LogP contribution in [-0.2, 0) is 0 Å². The zero-order valence-corrected chi connectivity index (χ0v) is 9.30. The Labute approximate surface area is 96.1 Å². The first-order valence-electron chi connectivity index (χ1n) is 4.91. The van der Waals surface area contributed by atoms with E-state index in [0.717, 1.165) is 0 Å². The Kier molecular flexibility index (Phi) is 3.17. The Morgan fingerprint density at radius 1 is 1.69 bits per heavy atom. The molecule has 0 radical (unpaired) electrons. The largest absolute Gasteiger partial charge is 0.395 e. The van der Waals surface area contributed by atoms with E-state index in [9.17, 15) is 9.90 Å². The molecule has 1 saturated heterocycles. The highest BCUT2D eigenvalue weighted by molar-refractivity contribution is 8.00. The van der Waals surface area contributed by atoms with Crippen molar-refractivity contribution in [3.05, 3.63) is 22.7 Å². The molecular weight excluding hydrogens is 230 g/mol. The van der Waals surface area contributed by atoms with E-state index in [4.69, 9.17) is 10.8 Å². The number of aromatic nitrogens is 2. The van der Waals surface area contributed by atoms with Gasteiger partial charge in [0.1, 0.15) is 5.82 Å². The average molecular weight is 243 g/mol. The van der Waals surface area contributed by atoms with Gasteiger partial charge < -0.3 is 15.9 Å². The van der Waals surface area contributed by atoms with Crippen molar-refractivity contribution in [3.63, 3.8) is 0 Å². The molecule has 0 saturated carbocycles. The first-order chi connectivity index (χ1) is 7.61. The summed E-state index contributed by atoms with van der Waals surface area (Å²) in [5.74, 6) is 0.184. The molecule has 0 bridgehead atoms. The molecule has 6 nitrogen and oxygen atoms in total. The fraction of sp³-hybridized carbons (Fsp3) is 0.556. The second-order valence-electron chi connectivity index (χ2n) is 3.66. The molecule has 0 spiro atoms. The summed E-state index contributed by atoms with van der Waals surface area (Å²) in [6.45, 7) is -0.0977. The van der Waals surface area contributed by atoms with Gasteiger partial charge in [0.15, 0.2) is 0 Å². The maximum Gasteiger partial charge on any atom is 0.350 e. The van der Waals surface area contributed by atoms with E-state index >= 15 is 0 Å². The quantitative estimate of drug-likeness (QED) is 0.627. The fourth-order valence-corrected chi connectivity index (χ4v) is 3.08. The lowest BCUT2D eigenvalue weighted by molar-refractivity contribution is 0.137. The minimum atomic E-state index is -0.593. The molecule has 2 rings (SSSR count). The maximum absolute atomic E-state index is 11.5. The van der Waals surface area contributed by atoms with Crippen molar-refractivity contribution in [2.45, 2.75) is 23.1 Å². The Hall–Kier alpha value is -1.05. The van der Waals surface area contributed by atoms with E-state index in [-0.39, 0.29) is 23.0 Å². The predicted molar refractivity (Wildman–Crippen MR) is 61.0 cm³/mol. The Bertz CT molecular complexity index is 436. The van der Waals surface area contributed by atoms with Crippen LogP contribution in [0, 0.1) is 0 Å². The summed E-state index contributed by atoms with van der Waals surface area (Å²) in [6.07, 6.45) is 1.40. The summed E-state index contributed by atoms with van der Waals surface area (Å²) in [5, 5.41) is 18.2. The van der Waals surface area contributed by atoms with Crippen LogP contribution < -0.4 is 11.4 Å². The van der Waals surface area contributed by atoms with E-state index in [2.05, 4.69) is 4.98 Å². The van der Waals surface area contributed by atoms with E-state index in [1.54, 1.807) is 12.3 Å². The number of aliphatic hydroxyl groups is 2. The average Bonchev–Trinajstić information content (AvgIpc) is 2.59. The summed E-state index contributed by atoms with van der Waals surface area (Å²) < 4.78 is 1.43. The lowest BCUT2D eigenvalue weighted by atomic mass is 10.2. The van der Waals surface area contributed by atoms with Crippen LogP contribution in [0.4, 0.5) is 5.82 Å². The maximum atomic E-state index is 11.5. The molecule has 0 aromatic carbocycles. The number of rotatable bonds is 2. The Morgan fingerprint density at radius 3 is 3.00 bits per heavy atom. The number of hydrogen-bond acceptors (Lipinski definition) is 6. The molecule has 1 aromatic heterocycles. The molecule has 2 heterocycles. The van der Waals surface area contributed by atoms with E-state index in [1.165, 1.54) is 16.3 Å². The van der Waals surface area contributed by atoms with Gasteiger partial charge >= 0.3 is 5.69 Å². The van der Waals surface area contributed by atoms with Gasteiger partial charge in [-0.15, -0.1) is 11.8 Å². The molecule has 0 amide bonds. The van der Waals surface area contributed by atoms with Gasteiger partial charge in [0, 0.05) is 12.6 Å². The third-order valence-corrected chi connectivity index (χ3v) is 4.09. The lowest BCUT2D eigenvalue weighted by Crippen LogP contribution is -2.25. The molecule has 1 aromatic rings. The molecule has 7 heteroatoms. The number of aliphatic hydroxyl groups excluding tert-OH is 2. The molecule has 1 aliphatic heterocycles. The number of nitrogens with zero attached hydrogens (tertiary/aromatic N) is 2. The topological polar surface area (TPSA) is 101 Å². The zero-order valence-electron chi connectivity index (χ0n) is 8.48. The van der Waals surface area contributed by atoms with Crippen LogP contribution in [0.2, 0.25) is 0 Å². The van der Waals surface area contributed by atoms with Gasteiger partial charge in [-0.25, -0.2) is 4.79 Å². The van der Waals surface area contributed by atoms with Crippen molar-refractivity contribution >= 4 is 17.6 Å². The minimum Gasteiger partial charge on any atom is -0.395 e. The molecule has 1 aliphatic rings. The van der Waals surface area contributed by atoms with Crippen LogP contribution in [0.15, 0.2) is 17.1 Å². The molecule has 1 unspecified atom stereocenters. The van der Waals surface area contributed by atoms with Gasteiger partial charge in [-0.05, 0) is 6.07 Å². The van der Waals surface area contributed by atoms with Crippen molar-refractivity contribution in [1.82, 2.24) is 9.55 Å². The molecule has 0 aliphatic carbocycles. The number of nitrogens with two attached hydrogens (primary N) is 1. The molecular formula is C9H13N3O3S. The zero-order chi connectivity index (χ0) is 11.7. The number of thioether (sulfide) groups is 1. The Balaban J connectivity index is 2.23. The van der Waals surface area contributed by atoms with E-state index in [0.29, 0.717) is 6.42 Å². The van der Waals surface area contributed by atoms with Crippen molar-refractivity contribution in [3.8, 4) is 0 Å². The van der Waals surface area contributed by atoms with Crippen LogP contribution in [0.1, 0.15) is 11.8 Å². The third kappa shape index (κ3) is 2.06. The highest BCUT2D eigenvalue weighted by Gasteiger charge is 2.34. The lowest BCUT2D eigenvalue weighted by Gasteiger charge is -2.12. The molecule has 88 valence electrons. The molecule has 1 fully saturated rings. The highest BCUT2D eigenvalue weighted by atomic mass is 32.2. The predicted octanol–water partition coefficient (Wildman–Crippen LogP) is -0.817. The summed E-state index contributed by atoms with van der Waals surface area (Å²) in [7, 11) is 0. The smallest absolute Gasteiger partial charge is 0.350 e. The third-order valence-electron chi connectivity index (χ3n) is 2.55. The SMILES string of the molecule is Nc1ccn(C2C[C@H](O)[C@H](CO)S2)c(=O)n1. The first kappa shape index (κ1) is 11.4. The van der Waals surface area contributed by atoms with E-state index in [1.807, 2.05) is 0 Å². The van der Waals surface area contributed by atoms with Crippen LogP contribution in [0.5, 0.6) is 0 Å². The summed E-state index contributed by atoms with van der Waals surface area (Å²) in [6, 6.07) is 1.54. The van der Waals surface area contributed by atoms with Gasteiger partial charge in [-0.3, -0.25) is 4.57 Å². The van der Waals surface area contributed by atoms with Crippen LogP contribution in [0.25, 0.3) is 0 Å². The highest BCUT2D eigenvalue weighted by Crippen LogP contribution is 2.40. The molecule has 16 heavy (non-hydrogen) atoms. The van der Waals surface area contributed by atoms with Crippen LogP contribution in [-0.4, -0.2) is 37.7 Å². The van der Waals surface area contributed by atoms with Crippen molar-refractivity contribution in [2.75, 3.05) is 12.3 Å². The monoisotopic (exact) mass is 243 g/mol. The summed E-state index contributed by atoms with van der Waals surface area (Å²) >= 11 is 1.37. The minimum absolute atomic E-state index is 0.0977. The normalized spacial score (nSPS) is 29.5. The van der Waals surface area contributed by atoms with Gasteiger partial charge in [0.2, 0.25) is 0 Å². The number of nitrogen functional groups attached to an aromatic ring is 1. The van der Waals surface area contributed by atoms with Gasteiger partial charge in [-0.2, -0.15) is 4.98 Å². The Morgan fingerprint density at radius 2 is 2.44 bits per heavy atom. The summed E-state index contributed by atoms with van der Waals surface area (Å²) in [5.41, 5.74) is 4.96. The number of anilines is 1. The van der Waals surface area contributed by atoms with Gasteiger partial charge in [0.25, 0.3) is 0 Å². The van der Waals surface area contributed by atoms with Crippen molar-refractivity contribution in [1.29, 1.82) is 0 Å². The molecule has 3 atom stereocenters. The van der Waals surface area contributed by atoms with Crippen LogP contribution >= 0.6 is 11.8 Å². The number of hydrogen-bond donors (Lipinski definition) is 3. The van der Waals surface area contributed by atoms with Gasteiger partial charge in [0.05, 0.1) is 23.3 Å². The first-order valence-corrected chi connectivity index (χ1v) is 5.85. The fourth-order valence-electron chi connectivity index (χ4n) is 1.70. The standard InChI is InChI=1S/C9H13N3O3S/c10-7-1-2-12(9(15)11-7)8-3-5(14)6(4-13)16-8/h1-2,5-6,8,13-14H,3-4H2,(H2,10,11,15)/t5-,6-,8?/m0/s1. The van der Waals surface area contributed by atoms with Crippen LogP contribution in [0.3, 0.4) is 0 Å². The second-order valence-corrected chi connectivity index (χ2v) is 5.08. The van der Waals surface area contributed by atoms with Gasteiger partial charge in [-0.1, -0.05) is 0 Å². The summed E-state index contributed by atoms with van der Waals surface area (Å²) in [4.78, 5) is 15.2. The van der Waals surface area contributed by atoms with Crippen molar-refractivity contribution in [2.24, 2.45) is 0 Å². The van der Waals surface area contributed by atoms with Crippen molar-refractivity contribution < 1.29 is 10.2 Å².